The van der Waals surface area contributed by atoms with Gasteiger partial charge in [-0.15, -0.1) is 0 Å². The zero-order chi connectivity index (χ0) is 17.3. The predicted molar refractivity (Wildman–Crippen MR) is 95.1 cm³/mol. The van der Waals surface area contributed by atoms with Gasteiger partial charge in [-0.05, 0) is 60.4 Å². The van der Waals surface area contributed by atoms with Crippen LogP contribution in [0, 0.1) is 13.8 Å². The van der Waals surface area contributed by atoms with Gasteiger partial charge < -0.3 is 16.2 Å². The summed E-state index contributed by atoms with van der Waals surface area (Å²) in [5, 5.41) is 0. The van der Waals surface area contributed by atoms with Crippen LogP contribution in [0.25, 0.3) is 5.57 Å². The van der Waals surface area contributed by atoms with Crippen molar-refractivity contribution in [3.05, 3.63) is 70.3 Å². The number of carbonyl (C=O) groups is 1. The highest BCUT2D eigenvalue weighted by Crippen LogP contribution is 2.37. The number of guanidine groups is 1. The summed E-state index contributed by atoms with van der Waals surface area (Å²) < 4.78 is 5.70. The van der Waals surface area contributed by atoms with E-state index in [4.69, 9.17) is 16.2 Å². The van der Waals surface area contributed by atoms with Crippen molar-refractivity contribution in [3.8, 4) is 5.75 Å². The highest BCUT2D eigenvalue weighted by molar-refractivity contribution is 6.03. The Labute approximate surface area is 140 Å². The van der Waals surface area contributed by atoms with E-state index in [2.05, 4.69) is 31.0 Å². The third-order valence-electron chi connectivity index (χ3n) is 4.02. The molecule has 0 aliphatic carbocycles. The normalized spacial score (nSPS) is 12.7. The van der Waals surface area contributed by atoms with Gasteiger partial charge in [0.2, 0.25) is 0 Å². The van der Waals surface area contributed by atoms with Gasteiger partial charge in [0, 0.05) is 11.1 Å². The molecule has 1 aliphatic heterocycles. The Kier molecular flexibility index (Phi) is 4.08. The molecule has 2 aromatic carbocycles. The van der Waals surface area contributed by atoms with Crippen molar-refractivity contribution in [2.45, 2.75) is 13.8 Å². The van der Waals surface area contributed by atoms with Crippen molar-refractivity contribution < 1.29 is 9.53 Å². The van der Waals surface area contributed by atoms with Crippen LogP contribution in [0.5, 0.6) is 5.75 Å². The Morgan fingerprint density at radius 1 is 1.12 bits per heavy atom. The average molecular weight is 321 g/mol. The van der Waals surface area contributed by atoms with E-state index in [1.165, 1.54) is 11.1 Å². The number of aryl methyl sites for hydroxylation is 2. The lowest BCUT2D eigenvalue weighted by molar-refractivity contribution is 0.100. The summed E-state index contributed by atoms with van der Waals surface area (Å²) >= 11 is 0. The summed E-state index contributed by atoms with van der Waals surface area (Å²) in [5.41, 5.74) is 16.5. The first-order valence-electron chi connectivity index (χ1n) is 7.65. The van der Waals surface area contributed by atoms with Crippen LogP contribution in [0.2, 0.25) is 0 Å². The molecule has 1 amide bonds. The van der Waals surface area contributed by atoms with Crippen molar-refractivity contribution in [1.82, 2.24) is 0 Å². The van der Waals surface area contributed by atoms with Gasteiger partial charge >= 0.3 is 0 Å². The number of benzene rings is 2. The third kappa shape index (κ3) is 2.88. The Morgan fingerprint density at radius 2 is 1.83 bits per heavy atom. The third-order valence-corrected chi connectivity index (χ3v) is 4.02. The van der Waals surface area contributed by atoms with Crippen LogP contribution in [-0.2, 0) is 0 Å². The fourth-order valence-corrected chi connectivity index (χ4v) is 2.98. The Hall–Kier alpha value is -3.08. The molecule has 5 heteroatoms. The number of nitrogens with zero attached hydrogens (tertiary/aromatic N) is 1. The van der Waals surface area contributed by atoms with E-state index < -0.39 is 5.91 Å². The van der Waals surface area contributed by atoms with Crippen LogP contribution in [0.1, 0.15) is 32.6 Å². The molecule has 4 N–H and O–H groups in total. The lowest BCUT2D eigenvalue weighted by Gasteiger charge is -2.22. The molecular weight excluding hydrogens is 302 g/mol. The van der Waals surface area contributed by atoms with Gasteiger partial charge in [-0.2, -0.15) is 4.99 Å². The molecule has 5 nitrogen and oxygen atoms in total. The maximum Gasteiger partial charge on any atom is 0.280 e. The lowest BCUT2D eigenvalue weighted by Crippen LogP contribution is -2.24. The average Bonchev–Trinajstić information content (AvgIpc) is 2.53. The van der Waals surface area contributed by atoms with E-state index in [1.54, 1.807) is 18.2 Å². The quantitative estimate of drug-likeness (QED) is 0.657. The zero-order valence-corrected chi connectivity index (χ0v) is 13.7. The minimum atomic E-state index is -0.468. The first-order valence-corrected chi connectivity index (χ1v) is 7.65. The first kappa shape index (κ1) is 15.8. The standard InChI is InChI=1S/C19H19N3O2/c1-11-4-3-5-12(2)17(11)14-8-9-24-16-7-6-13(10-15(14)16)18(23)22-19(20)21/h3-8,10H,9H2,1-2H3,(H4,20,21,22,23). The van der Waals surface area contributed by atoms with Crippen LogP contribution in [-0.4, -0.2) is 18.5 Å². The van der Waals surface area contributed by atoms with Crippen LogP contribution in [0.4, 0.5) is 0 Å². The van der Waals surface area contributed by atoms with Crippen LogP contribution < -0.4 is 16.2 Å². The molecule has 0 atom stereocenters. The largest absolute Gasteiger partial charge is 0.489 e. The highest BCUT2D eigenvalue weighted by atomic mass is 16.5. The number of aliphatic imine (C=N–C) groups is 1. The maximum atomic E-state index is 12.1. The molecular formula is C19H19N3O2. The smallest absolute Gasteiger partial charge is 0.280 e. The van der Waals surface area contributed by atoms with Gasteiger partial charge in [0.25, 0.3) is 5.91 Å². The summed E-state index contributed by atoms with van der Waals surface area (Å²) in [5.74, 6) is 0.0279. The van der Waals surface area contributed by atoms with E-state index >= 15 is 0 Å². The zero-order valence-electron chi connectivity index (χ0n) is 13.7. The van der Waals surface area contributed by atoms with Crippen molar-refractivity contribution in [2.75, 3.05) is 6.61 Å². The van der Waals surface area contributed by atoms with Crippen molar-refractivity contribution in [2.24, 2.45) is 16.5 Å². The fourth-order valence-electron chi connectivity index (χ4n) is 2.98. The first-order chi connectivity index (χ1) is 11.5. The monoisotopic (exact) mass is 321 g/mol. The van der Waals surface area contributed by atoms with Gasteiger partial charge in [-0.25, -0.2) is 0 Å². The number of ether oxygens (including phenoxy) is 1. The summed E-state index contributed by atoms with van der Waals surface area (Å²) in [4.78, 5) is 15.7. The molecule has 0 fully saturated rings. The molecule has 122 valence electrons. The van der Waals surface area contributed by atoms with E-state index in [0.717, 1.165) is 22.4 Å². The molecule has 0 radical (unpaired) electrons. The van der Waals surface area contributed by atoms with Crippen LogP contribution >= 0.6 is 0 Å². The predicted octanol–water partition coefficient (Wildman–Crippen LogP) is 2.54. The Morgan fingerprint density at radius 3 is 2.50 bits per heavy atom. The van der Waals surface area contributed by atoms with Gasteiger partial charge in [0.15, 0.2) is 5.96 Å². The molecule has 1 aliphatic rings. The Balaban J connectivity index is 2.13. The molecule has 0 aromatic heterocycles. The SMILES string of the molecule is Cc1cccc(C)c1C1=CCOc2ccc(C(=O)N=C(N)N)cc21. The topological polar surface area (TPSA) is 90.7 Å². The van der Waals surface area contributed by atoms with E-state index in [1.807, 2.05) is 12.1 Å². The highest BCUT2D eigenvalue weighted by Gasteiger charge is 2.20. The van der Waals surface area contributed by atoms with Crippen molar-refractivity contribution in [1.29, 1.82) is 0 Å². The summed E-state index contributed by atoms with van der Waals surface area (Å²) in [7, 11) is 0. The molecule has 3 rings (SSSR count). The van der Waals surface area contributed by atoms with E-state index in [-0.39, 0.29) is 5.96 Å². The number of rotatable bonds is 2. The fraction of sp³-hybridized carbons (Fsp3) is 0.158. The van der Waals surface area contributed by atoms with Crippen LogP contribution in [0.3, 0.4) is 0 Å². The van der Waals surface area contributed by atoms with Crippen molar-refractivity contribution in [3.63, 3.8) is 0 Å². The summed E-state index contributed by atoms with van der Waals surface area (Å²) in [6.45, 7) is 4.65. The number of hydrogen-bond acceptors (Lipinski definition) is 2. The van der Waals surface area contributed by atoms with E-state index in [0.29, 0.717) is 12.2 Å². The second-order valence-corrected chi connectivity index (χ2v) is 5.75. The molecule has 2 aromatic rings. The molecule has 0 unspecified atom stereocenters. The minimum absolute atomic E-state index is 0.250. The number of fused-ring (bicyclic) bond motifs is 1. The summed E-state index contributed by atoms with van der Waals surface area (Å²) in [6.07, 6.45) is 2.03. The molecule has 0 bridgehead atoms. The molecule has 0 saturated heterocycles. The Bertz CT molecular complexity index is 858. The van der Waals surface area contributed by atoms with E-state index in [9.17, 15) is 4.79 Å². The van der Waals surface area contributed by atoms with Gasteiger partial charge in [-0.3, -0.25) is 4.79 Å². The molecule has 24 heavy (non-hydrogen) atoms. The maximum absolute atomic E-state index is 12.1. The lowest BCUT2D eigenvalue weighted by atomic mass is 9.88. The minimum Gasteiger partial charge on any atom is -0.489 e. The van der Waals surface area contributed by atoms with Gasteiger partial charge in [0.05, 0.1) is 0 Å². The molecule has 0 spiro atoms. The number of carbonyl (C=O) groups excluding carboxylic acids is 1. The second-order valence-electron chi connectivity index (χ2n) is 5.75. The van der Waals surface area contributed by atoms with Gasteiger partial charge in [0.1, 0.15) is 12.4 Å². The van der Waals surface area contributed by atoms with Gasteiger partial charge in [-0.1, -0.05) is 18.2 Å². The number of nitrogens with two attached hydrogens (primary N) is 2. The van der Waals surface area contributed by atoms with Crippen molar-refractivity contribution >= 4 is 17.4 Å². The number of amides is 1. The summed E-state index contributed by atoms with van der Waals surface area (Å²) in [6, 6.07) is 11.4. The molecule has 1 heterocycles. The number of hydrogen-bond donors (Lipinski definition) is 2. The second kappa shape index (κ2) is 6.20. The van der Waals surface area contributed by atoms with Crippen LogP contribution in [0.15, 0.2) is 47.5 Å². The molecule has 0 saturated carbocycles.